The molecular formula is C22H24N2O4. The first-order valence-corrected chi connectivity index (χ1v) is 9.05. The molecule has 1 atom stereocenters. The Hall–Kier alpha value is -3.28. The molecule has 0 spiro atoms. The predicted molar refractivity (Wildman–Crippen MR) is 109 cm³/mol. The molecule has 0 bridgehead atoms. The molecule has 1 unspecified atom stereocenters. The fourth-order valence-electron chi connectivity index (χ4n) is 3.22. The lowest BCUT2D eigenvalue weighted by Gasteiger charge is -2.16. The Labute approximate surface area is 163 Å². The number of aromatic nitrogens is 1. The van der Waals surface area contributed by atoms with Gasteiger partial charge < -0.3 is 19.8 Å². The number of ether oxygens (including phenoxy) is 2. The van der Waals surface area contributed by atoms with Gasteiger partial charge in [0.05, 0.1) is 7.11 Å². The van der Waals surface area contributed by atoms with Crippen LogP contribution in [0, 0.1) is 20.8 Å². The summed E-state index contributed by atoms with van der Waals surface area (Å²) in [6, 6.07) is 11.1. The van der Waals surface area contributed by atoms with Gasteiger partial charge in [-0.1, -0.05) is 17.7 Å². The molecule has 0 fully saturated rings. The molecule has 2 N–H and O–H groups in total. The second kappa shape index (κ2) is 7.76. The first kappa shape index (κ1) is 19.5. The largest absolute Gasteiger partial charge is 0.497 e. The topological polar surface area (TPSA) is 80.4 Å². The van der Waals surface area contributed by atoms with E-state index in [4.69, 9.17) is 9.47 Å². The molecule has 6 heteroatoms. The number of aromatic amines is 1. The highest BCUT2D eigenvalue weighted by atomic mass is 16.5. The Bertz CT molecular complexity index is 1030. The lowest BCUT2D eigenvalue weighted by atomic mass is 10.0. The lowest BCUT2D eigenvalue weighted by Crippen LogP contribution is -2.30. The maximum absolute atomic E-state index is 12.5. The van der Waals surface area contributed by atoms with Crippen LogP contribution < -0.4 is 10.1 Å². The van der Waals surface area contributed by atoms with Crippen LogP contribution in [-0.4, -0.2) is 30.1 Å². The van der Waals surface area contributed by atoms with Crippen LogP contribution in [0.25, 0.3) is 10.9 Å². The molecule has 6 nitrogen and oxygen atoms in total. The van der Waals surface area contributed by atoms with Crippen molar-refractivity contribution in [1.82, 2.24) is 4.98 Å². The van der Waals surface area contributed by atoms with Gasteiger partial charge in [-0.05, 0) is 57.0 Å². The van der Waals surface area contributed by atoms with Crippen LogP contribution in [0.15, 0.2) is 36.4 Å². The summed E-state index contributed by atoms with van der Waals surface area (Å²) in [5, 5.41) is 3.72. The Balaban J connectivity index is 1.71. The van der Waals surface area contributed by atoms with E-state index in [0.717, 1.165) is 33.3 Å². The fourth-order valence-corrected chi connectivity index (χ4v) is 3.22. The van der Waals surface area contributed by atoms with Gasteiger partial charge in [0.25, 0.3) is 5.91 Å². The molecule has 3 rings (SSSR count). The zero-order chi connectivity index (χ0) is 20.4. The number of amides is 1. The van der Waals surface area contributed by atoms with Crippen molar-refractivity contribution < 1.29 is 19.1 Å². The molecule has 146 valence electrons. The van der Waals surface area contributed by atoms with Crippen molar-refractivity contribution in [3.8, 4) is 5.75 Å². The first-order valence-electron chi connectivity index (χ1n) is 9.05. The minimum Gasteiger partial charge on any atom is -0.497 e. The SMILES string of the molecule is COc1ccc2cc(C(=O)OC(C)C(=O)Nc3c(C)cc(C)cc3C)[nH]c2c1. The monoisotopic (exact) mass is 380 g/mol. The number of hydrogen-bond donors (Lipinski definition) is 2. The number of fused-ring (bicyclic) bond motifs is 1. The summed E-state index contributed by atoms with van der Waals surface area (Å²) in [5.41, 5.74) is 4.85. The minimum atomic E-state index is -0.937. The zero-order valence-electron chi connectivity index (χ0n) is 16.7. The molecule has 1 heterocycles. The summed E-state index contributed by atoms with van der Waals surface area (Å²) >= 11 is 0. The second-order valence-electron chi connectivity index (χ2n) is 6.95. The van der Waals surface area contributed by atoms with Gasteiger partial charge in [0, 0.05) is 22.7 Å². The summed E-state index contributed by atoms with van der Waals surface area (Å²) < 4.78 is 10.5. The molecule has 28 heavy (non-hydrogen) atoms. The number of H-pyrrole nitrogens is 1. The van der Waals surface area contributed by atoms with E-state index in [0.29, 0.717) is 5.75 Å². The predicted octanol–water partition coefficient (Wildman–Crippen LogP) is 4.29. The van der Waals surface area contributed by atoms with Gasteiger partial charge in [-0.3, -0.25) is 4.79 Å². The third kappa shape index (κ3) is 4.01. The number of methoxy groups -OCH3 is 1. The van der Waals surface area contributed by atoms with E-state index in [-0.39, 0.29) is 11.6 Å². The van der Waals surface area contributed by atoms with Gasteiger partial charge in [0.1, 0.15) is 11.4 Å². The van der Waals surface area contributed by atoms with Crippen molar-refractivity contribution in [2.24, 2.45) is 0 Å². The Morgan fingerprint density at radius 1 is 1.04 bits per heavy atom. The quantitative estimate of drug-likeness (QED) is 0.647. The highest BCUT2D eigenvalue weighted by Gasteiger charge is 2.21. The summed E-state index contributed by atoms with van der Waals surface area (Å²) in [6.07, 6.45) is -0.937. The van der Waals surface area contributed by atoms with E-state index in [2.05, 4.69) is 10.3 Å². The van der Waals surface area contributed by atoms with Crippen molar-refractivity contribution in [2.45, 2.75) is 33.8 Å². The summed E-state index contributed by atoms with van der Waals surface area (Å²) in [7, 11) is 1.58. The van der Waals surface area contributed by atoms with Crippen molar-refractivity contribution in [3.05, 3.63) is 58.8 Å². The van der Waals surface area contributed by atoms with Crippen molar-refractivity contribution in [3.63, 3.8) is 0 Å². The molecule has 0 saturated carbocycles. The number of carbonyl (C=O) groups is 2. The van der Waals surface area contributed by atoms with Gasteiger partial charge in [-0.25, -0.2) is 4.79 Å². The first-order chi connectivity index (χ1) is 13.3. The molecule has 1 amide bonds. The van der Waals surface area contributed by atoms with Gasteiger partial charge in [-0.15, -0.1) is 0 Å². The van der Waals surface area contributed by atoms with Crippen LogP contribution in [0.3, 0.4) is 0 Å². The number of benzene rings is 2. The number of rotatable bonds is 5. The zero-order valence-corrected chi connectivity index (χ0v) is 16.7. The van der Waals surface area contributed by atoms with E-state index in [9.17, 15) is 9.59 Å². The van der Waals surface area contributed by atoms with E-state index in [1.807, 2.05) is 45.0 Å². The van der Waals surface area contributed by atoms with Crippen LogP contribution in [0.4, 0.5) is 5.69 Å². The smallest absolute Gasteiger partial charge is 0.355 e. The Morgan fingerprint density at radius 2 is 1.71 bits per heavy atom. The fraction of sp³-hybridized carbons (Fsp3) is 0.273. The standard InChI is InChI=1S/C22H24N2O4/c1-12-8-13(2)20(14(3)9-12)24-21(25)15(4)28-22(26)19-10-16-6-7-17(27-5)11-18(16)23-19/h6-11,15,23H,1-5H3,(H,24,25). The van der Waals surface area contributed by atoms with E-state index in [1.165, 1.54) is 0 Å². The molecule has 0 aliphatic rings. The maximum atomic E-state index is 12.5. The van der Waals surface area contributed by atoms with Gasteiger partial charge in [-0.2, -0.15) is 0 Å². The number of esters is 1. The van der Waals surface area contributed by atoms with Crippen molar-refractivity contribution in [1.29, 1.82) is 0 Å². The molecular weight excluding hydrogens is 356 g/mol. The van der Waals surface area contributed by atoms with Crippen LogP contribution in [0.5, 0.6) is 5.75 Å². The maximum Gasteiger partial charge on any atom is 0.355 e. The molecule has 3 aromatic rings. The average Bonchev–Trinajstić information content (AvgIpc) is 3.07. The number of anilines is 1. The van der Waals surface area contributed by atoms with Gasteiger partial charge in [0.2, 0.25) is 0 Å². The second-order valence-corrected chi connectivity index (χ2v) is 6.95. The van der Waals surface area contributed by atoms with Crippen molar-refractivity contribution >= 4 is 28.5 Å². The molecule has 0 saturated heterocycles. The summed E-state index contributed by atoms with van der Waals surface area (Å²) in [4.78, 5) is 28.0. The highest BCUT2D eigenvalue weighted by Crippen LogP contribution is 2.23. The Morgan fingerprint density at radius 3 is 2.36 bits per heavy atom. The minimum absolute atomic E-state index is 0.283. The normalized spacial score (nSPS) is 11.9. The lowest BCUT2D eigenvalue weighted by molar-refractivity contribution is -0.123. The summed E-state index contributed by atoms with van der Waals surface area (Å²) in [5.74, 6) is -0.276. The third-order valence-corrected chi connectivity index (χ3v) is 4.63. The number of nitrogens with one attached hydrogen (secondary N) is 2. The van der Waals surface area contributed by atoms with Crippen LogP contribution in [-0.2, 0) is 9.53 Å². The number of aryl methyl sites for hydroxylation is 3. The third-order valence-electron chi connectivity index (χ3n) is 4.63. The molecule has 0 radical (unpaired) electrons. The molecule has 1 aromatic heterocycles. The van der Waals surface area contributed by atoms with E-state index >= 15 is 0 Å². The van der Waals surface area contributed by atoms with Crippen LogP contribution >= 0.6 is 0 Å². The van der Waals surface area contributed by atoms with Gasteiger partial charge >= 0.3 is 5.97 Å². The average molecular weight is 380 g/mol. The van der Waals surface area contributed by atoms with Gasteiger partial charge in [0.15, 0.2) is 6.10 Å². The van der Waals surface area contributed by atoms with E-state index < -0.39 is 12.1 Å². The Kier molecular flexibility index (Phi) is 5.40. The van der Waals surface area contributed by atoms with Crippen molar-refractivity contribution in [2.75, 3.05) is 12.4 Å². The van der Waals surface area contributed by atoms with Crippen LogP contribution in [0.2, 0.25) is 0 Å². The molecule has 2 aromatic carbocycles. The van der Waals surface area contributed by atoms with Crippen LogP contribution in [0.1, 0.15) is 34.1 Å². The molecule has 0 aliphatic heterocycles. The number of carbonyl (C=O) groups excluding carboxylic acids is 2. The molecule has 0 aliphatic carbocycles. The number of hydrogen-bond acceptors (Lipinski definition) is 4. The van der Waals surface area contributed by atoms with E-state index in [1.54, 1.807) is 26.2 Å². The highest BCUT2D eigenvalue weighted by molar-refractivity contribution is 5.99. The summed E-state index contributed by atoms with van der Waals surface area (Å²) in [6.45, 7) is 7.43.